The highest BCUT2D eigenvalue weighted by molar-refractivity contribution is 8.00. The third kappa shape index (κ3) is 4.90. The van der Waals surface area contributed by atoms with Gasteiger partial charge >= 0.3 is 0 Å². The SMILES string of the molecule is CCc1ccc(OCC(O)CNCC2(SC)CCC2)cc1. The van der Waals surface area contributed by atoms with E-state index in [-0.39, 0.29) is 0 Å². The van der Waals surface area contributed by atoms with Gasteiger partial charge in [-0.1, -0.05) is 25.5 Å². The molecule has 1 saturated carbocycles. The molecule has 0 radical (unpaired) electrons. The van der Waals surface area contributed by atoms with Crippen LogP contribution in [0.4, 0.5) is 0 Å². The summed E-state index contributed by atoms with van der Waals surface area (Å²) in [6.07, 6.45) is 6.66. The Morgan fingerprint density at radius 2 is 2.05 bits per heavy atom. The lowest BCUT2D eigenvalue weighted by atomic mass is 9.84. The molecule has 0 spiro atoms. The third-order valence-corrected chi connectivity index (χ3v) is 5.72. The number of aliphatic hydroxyl groups is 1. The van der Waals surface area contributed by atoms with Crippen molar-refractivity contribution in [3.05, 3.63) is 29.8 Å². The maximum Gasteiger partial charge on any atom is 0.119 e. The highest BCUT2D eigenvalue weighted by Gasteiger charge is 2.35. The zero-order valence-corrected chi connectivity index (χ0v) is 13.9. The quantitative estimate of drug-likeness (QED) is 0.736. The van der Waals surface area contributed by atoms with Gasteiger partial charge in [-0.15, -0.1) is 0 Å². The van der Waals surface area contributed by atoms with Crippen LogP contribution in [0.25, 0.3) is 0 Å². The van der Waals surface area contributed by atoms with Gasteiger partial charge in [-0.25, -0.2) is 0 Å². The van der Waals surface area contributed by atoms with Gasteiger partial charge in [-0.2, -0.15) is 11.8 Å². The second-order valence-corrected chi connectivity index (χ2v) is 7.11. The Labute approximate surface area is 132 Å². The summed E-state index contributed by atoms with van der Waals surface area (Å²) in [4.78, 5) is 0. The van der Waals surface area contributed by atoms with Crippen LogP contribution in [0.2, 0.25) is 0 Å². The molecule has 4 heteroatoms. The van der Waals surface area contributed by atoms with Crippen LogP contribution in [-0.2, 0) is 6.42 Å². The summed E-state index contributed by atoms with van der Waals surface area (Å²) < 4.78 is 6.03. The van der Waals surface area contributed by atoms with Crippen LogP contribution in [0, 0.1) is 0 Å². The Morgan fingerprint density at radius 1 is 1.33 bits per heavy atom. The van der Waals surface area contributed by atoms with Crippen molar-refractivity contribution < 1.29 is 9.84 Å². The Kier molecular flexibility index (Phi) is 6.40. The fraction of sp³-hybridized carbons (Fsp3) is 0.647. The van der Waals surface area contributed by atoms with E-state index in [0.29, 0.717) is 17.9 Å². The van der Waals surface area contributed by atoms with Gasteiger partial charge in [-0.3, -0.25) is 0 Å². The molecule has 1 atom stereocenters. The topological polar surface area (TPSA) is 41.5 Å². The van der Waals surface area contributed by atoms with E-state index >= 15 is 0 Å². The molecule has 0 aliphatic heterocycles. The summed E-state index contributed by atoms with van der Waals surface area (Å²) in [5.41, 5.74) is 1.30. The number of aliphatic hydroxyl groups excluding tert-OH is 1. The molecule has 2 N–H and O–H groups in total. The monoisotopic (exact) mass is 309 g/mol. The summed E-state index contributed by atoms with van der Waals surface area (Å²) in [5, 5.41) is 13.4. The predicted molar refractivity (Wildman–Crippen MR) is 90.3 cm³/mol. The molecule has 0 aromatic heterocycles. The summed E-state index contributed by atoms with van der Waals surface area (Å²) >= 11 is 1.95. The maximum absolute atomic E-state index is 9.98. The molecule has 0 heterocycles. The smallest absolute Gasteiger partial charge is 0.119 e. The van der Waals surface area contributed by atoms with E-state index in [2.05, 4.69) is 30.6 Å². The molecule has 118 valence electrons. The molecular formula is C17H27NO2S. The molecular weight excluding hydrogens is 282 g/mol. The molecule has 1 aliphatic carbocycles. The molecule has 0 saturated heterocycles. The van der Waals surface area contributed by atoms with Gasteiger partial charge in [0.2, 0.25) is 0 Å². The van der Waals surface area contributed by atoms with Crippen molar-refractivity contribution in [3.8, 4) is 5.75 Å². The summed E-state index contributed by atoms with van der Waals surface area (Å²) in [6.45, 7) is 4.05. The molecule has 1 aliphatic rings. The first-order valence-electron chi connectivity index (χ1n) is 7.83. The second kappa shape index (κ2) is 8.06. The van der Waals surface area contributed by atoms with Gasteiger partial charge in [0.15, 0.2) is 0 Å². The van der Waals surface area contributed by atoms with Gasteiger partial charge in [-0.05, 0) is 43.2 Å². The number of hydrogen-bond acceptors (Lipinski definition) is 4. The van der Waals surface area contributed by atoms with E-state index in [1.165, 1.54) is 24.8 Å². The molecule has 21 heavy (non-hydrogen) atoms. The molecule has 1 unspecified atom stereocenters. The van der Waals surface area contributed by atoms with E-state index in [1.54, 1.807) is 0 Å². The molecule has 1 aromatic carbocycles. The lowest BCUT2D eigenvalue weighted by molar-refractivity contribution is 0.105. The third-order valence-electron chi connectivity index (χ3n) is 4.30. The standard InChI is InChI=1S/C17H27NO2S/c1-3-14-5-7-16(8-6-14)20-12-15(19)11-18-13-17(21-2)9-4-10-17/h5-8,15,18-19H,3-4,9-13H2,1-2H3. The van der Waals surface area contributed by atoms with E-state index < -0.39 is 6.10 Å². The zero-order valence-electron chi connectivity index (χ0n) is 13.1. The molecule has 3 nitrogen and oxygen atoms in total. The number of nitrogens with one attached hydrogen (secondary N) is 1. The maximum atomic E-state index is 9.98. The van der Waals surface area contributed by atoms with E-state index in [9.17, 15) is 5.11 Å². The van der Waals surface area contributed by atoms with Gasteiger partial charge in [0.1, 0.15) is 18.5 Å². The lowest BCUT2D eigenvalue weighted by Crippen LogP contribution is -2.45. The molecule has 2 rings (SSSR count). The average Bonchev–Trinajstić information content (AvgIpc) is 2.48. The van der Waals surface area contributed by atoms with Crippen molar-refractivity contribution in [2.24, 2.45) is 0 Å². The number of thioether (sulfide) groups is 1. The van der Waals surface area contributed by atoms with Crippen molar-refractivity contribution in [1.82, 2.24) is 5.32 Å². The number of ether oxygens (including phenoxy) is 1. The second-order valence-electron chi connectivity index (χ2n) is 5.83. The van der Waals surface area contributed by atoms with Crippen molar-refractivity contribution in [2.45, 2.75) is 43.5 Å². The van der Waals surface area contributed by atoms with Crippen LogP contribution in [0.15, 0.2) is 24.3 Å². The Hall–Kier alpha value is -0.710. The molecule has 1 aromatic rings. The largest absolute Gasteiger partial charge is 0.491 e. The summed E-state index contributed by atoms with van der Waals surface area (Å²) in [5.74, 6) is 0.825. The van der Waals surface area contributed by atoms with Crippen LogP contribution in [-0.4, -0.2) is 41.9 Å². The predicted octanol–water partition coefficient (Wildman–Crippen LogP) is 2.86. The van der Waals surface area contributed by atoms with Crippen LogP contribution < -0.4 is 10.1 Å². The average molecular weight is 309 g/mol. The lowest BCUT2D eigenvalue weighted by Gasteiger charge is -2.40. The van der Waals surface area contributed by atoms with Crippen molar-refractivity contribution in [3.63, 3.8) is 0 Å². The van der Waals surface area contributed by atoms with E-state index in [4.69, 9.17) is 4.74 Å². The van der Waals surface area contributed by atoms with E-state index in [1.807, 2.05) is 23.9 Å². The first-order valence-corrected chi connectivity index (χ1v) is 9.05. The summed E-state index contributed by atoms with van der Waals surface area (Å²) in [7, 11) is 0. The Morgan fingerprint density at radius 3 is 2.57 bits per heavy atom. The van der Waals surface area contributed by atoms with Crippen molar-refractivity contribution >= 4 is 11.8 Å². The molecule has 1 fully saturated rings. The number of hydrogen-bond donors (Lipinski definition) is 2. The minimum absolute atomic E-state index is 0.338. The van der Waals surface area contributed by atoms with Gasteiger partial charge in [0, 0.05) is 17.8 Å². The number of rotatable bonds is 9. The highest BCUT2D eigenvalue weighted by Crippen LogP contribution is 2.42. The van der Waals surface area contributed by atoms with Gasteiger partial charge in [0.25, 0.3) is 0 Å². The van der Waals surface area contributed by atoms with Gasteiger partial charge in [0.05, 0.1) is 0 Å². The van der Waals surface area contributed by atoms with Crippen molar-refractivity contribution in [1.29, 1.82) is 0 Å². The first-order chi connectivity index (χ1) is 10.2. The number of benzene rings is 1. The summed E-state index contributed by atoms with van der Waals surface area (Å²) in [6, 6.07) is 8.07. The number of aryl methyl sites for hydroxylation is 1. The van der Waals surface area contributed by atoms with Gasteiger partial charge < -0.3 is 15.2 Å². The Bertz CT molecular complexity index is 412. The fourth-order valence-corrected chi connectivity index (χ4v) is 3.51. The van der Waals surface area contributed by atoms with Crippen molar-refractivity contribution in [2.75, 3.05) is 26.0 Å². The van der Waals surface area contributed by atoms with E-state index in [0.717, 1.165) is 18.7 Å². The Balaban J connectivity index is 1.63. The van der Waals surface area contributed by atoms with Crippen LogP contribution >= 0.6 is 11.8 Å². The zero-order chi connectivity index (χ0) is 15.1. The van der Waals surface area contributed by atoms with Crippen LogP contribution in [0.1, 0.15) is 31.7 Å². The van der Waals surface area contributed by atoms with Crippen LogP contribution in [0.3, 0.4) is 0 Å². The minimum Gasteiger partial charge on any atom is -0.491 e. The first kappa shape index (κ1) is 16.7. The fourth-order valence-electron chi connectivity index (χ4n) is 2.56. The highest BCUT2D eigenvalue weighted by atomic mass is 32.2. The molecule has 0 bridgehead atoms. The molecule has 0 amide bonds. The van der Waals surface area contributed by atoms with Crippen LogP contribution in [0.5, 0.6) is 5.75 Å². The minimum atomic E-state index is -0.463. The normalized spacial score (nSPS) is 18.0.